The average molecular weight is 368 g/mol. The molecule has 1 aliphatic rings. The van der Waals surface area contributed by atoms with Gasteiger partial charge in [0.25, 0.3) is 0 Å². The highest BCUT2D eigenvalue weighted by molar-refractivity contribution is 7.90. The molecule has 1 fully saturated rings. The van der Waals surface area contributed by atoms with Crippen molar-refractivity contribution in [1.29, 1.82) is 0 Å². The van der Waals surface area contributed by atoms with Gasteiger partial charge in [0, 0.05) is 27.0 Å². The maximum Gasteiger partial charge on any atom is 0.303 e. The molecule has 0 aliphatic carbocycles. The monoisotopic (exact) mass is 368 g/mol. The second kappa shape index (κ2) is 7.90. The smallest absolute Gasteiger partial charge is 0.303 e. The summed E-state index contributed by atoms with van der Waals surface area (Å²) in [7, 11) is -3.58. The van der Waals surface area contributed by atoms with E-state index in [9.17, 15) is 27.9 Å². The fourth-order valence-corrected chi connectivity index (χ4v) is 3.17. The van der Waals surface area contributed by atoms with Gasteiger partial charge in [-0.1, -0.05) is 0 Å². The second-order valence-corrected chi connectivity index (χ2v) is 7.56. The van der Waals surface area contributed by atoms with Crippen LogP contribution in [0.4, 0.5) is 0 Å². The Bertz CT molecular complexity index is 598. The summed E-state index contributed by atoms with van der Waals surface area (Å²) < 4.78 is 43.1. The molecule has 24 heavy (non-hydrogen) atoms. The number of carbonyl (C=O) groups is 3. The first-order valence-corrected chi connectivity index (χ1v) is 8.99. The number of carbonyl (C=O) groups excluding carboxylic acids is 3. The lowest BCUT2D eigenvalue weighted by molar-refractivity contribution is -0.287. The van der Waals surface area contributed by atoms with Crippen LogP contribution in [0, 0.1) is 0 Å². The molecule has 0 radical (unpaired) electrons. The van der Waals surface area contributed by atoms with Crippen molar-refractivity contribution >= 4 is 27.7 Å². The Morgan fingerprint density at radius 1 is 0.917 bits per heavy atom. The van der Waals surface area contributed by atoms with Crippen LogP contribution in [0.15, 0.2) is 0 Å². The number of aliphatic hydroxyl groups excluding tert-OH is 1. The summed E-state index contributed by atoms with van der Waals surface area (Å²) in [4.78, 5) is 33.9. The van der Waals surface area contributed by atoms with E-state index in [0.29, 0.717) is 0 Å². The molecule has 1 rings (SSSR count). The Kier molecular flexibility index (Phi) is 6.69. The molecular weight excluding hydrogens is 348 g/mol. The zero-order valence-corrected chi connectivity index (χ0v) is 14.4. The standard InChI is InChI=1S/C13H20O10S/c1-6(14)20-10-9(5-24(4,18)19)23-13(17)12(22-8(3)16)11(10)21-7(2)15/h9-13,17H,5H2,1-4H3/t9-,10-,11+,12-,13-/m1/s1. The van der Waals surface area contributed by atoms with E-state index < -0.39 is 64.2 Å². The quantitative estimate of drug-likeness (QED) is 0.452. The minimum Gasteiger partial charge on any atom is -0.456 e. The highest BCUT2D eigenvalue weighted by Crippen LogP contribution is 2.28. The topological polar surface area (TPSA) is 142 Å². The minimum absolute atomic E-state index is 0.605. The van der Waals surface area contributed by atoms with Gasteiger partial charge in [0.05, 0.1) is 5.75 Å². The normalized spacial score (nSPS) is 30.3. The molecule has 10 nitrogen and oxygen atoms in total. The molecule has 0 aromatic rings. The first-order chi connectivity index (χ1) is 10.9. The van der Waals surface area contributed by atoms with Gasteiger partial charge in [-0.25, -0.2) is 8.42 Å². The van der Waals surface area contributed by atoms with Gasteiger partial charge in [-0.05, 0) is 0 Å². The summed E-state index contributed by atoms with van der Waals surface area (Å²) in [5.74, 6) is -3.01. The predicted molar refractivity (Wildman–Crippen MR) is 77.3 cm³/mol. The first kappa shape index (κ1) is 20.3. The Labute approximate surface area is 138 Å². The fraction of sp³-hybridized carbons (Fsp3) is 0.769. The Balaban J connectivity index is 3.23. The second-order valence-electron chi connectivity index (χ2n) is 5.38. The molecule has 0 saturated carbocycles. The summed E-state index contributed by atoms with van der Waals surface area (Å²) in [5, 5.41) is 9.99. The van der Waals surface area contributed by atoms with Crippen LogP contribution >= 0.6 is 0 Å². The van der Waals surface area contributed by atoms with Crippen molar-refractivity contribution in [3.05, 3.63) is 0 Å². The highest BCUT2D eigenvalue weighted by atomic mass is 32.2. The first-order valence-electron chi connectivity index (χ1n) is 6.93. The number of esters is 3. The van der Waals surface area contributed by atoms with Crippen LogP contribution in [-0.4, -0.2) is 74.1 Å². The molecule has 0 unspecified atom stereocenters. The third-order valence-electron chi connectivity index (χ3n) is 2.98. The van der Waals surface area contributed by atoms with Gasteiger partial charge in [0.15, 0.2) is 24.6 Å². The van der Waals surface area contributed by atoms with Crippen molar-refractivity contribution in [2.24, 2.45) is 0 Å². The number of aliphatic hydroxyl groups is 1. The van der Waals surface area contributed by atoms with E-state index in [2.05, 4.69) is 0 Å². The van der Waals surface area contributed by atoms with Crippen LogP contribution in [0.25, 0.3) is 0 Å². The van der Waals surface area contributed by atoms with Crippen molar-refractivity contribution in [2.75, 3.05) is 12.0 Å². The molecule has 0 aromatic carbocycles. The number of sulfone groups is 1. The minimum atomic E-state index is -3.58. The molecule has 5 atom stereocenters. The van der Waals surface area contributed by atoms with Crippen LogP contribution in [0.3, 0.4) is 0 Å². The van der Waals surface area contributed by atoms with Gasteiger partial charge in [-0.15, -0.1) is 0 Å². The SMILES string of the molecule is CC(=O)O[C@@H]1[C@@H](OC(C)=O)[C@H](O)O[C@H](CS(C)(=O)=O)[C@H]1OC(C)=O. The molecule has 1 N–H and O–H groups in total. The molecule has 0 bridgehead atoms. The van der Waals surface area contributed by atoms with Crippen molar-refractivity contribution in [3.63, 3.8) is 0 Å². The van der Waals surface area contributed by atoms with E-state index >= 15 is 0 Å². The number of hydrogen-bond donors (Lipinski definition) is 1. The lowest BCUT2D eigenvalue weighted by Gasteiger charge is -2.42. The van der Waals surface area contributed by atoms with E-state index in [1.165, 1.54) is 0 Å². The van der Waals surface area contributed by atoms with Gasteiger partial charge >= 0.3 is 17.9 Å². The highest BCUT2D eigenvalue weighted by Gasteiger charge is 2.52. The van der Waals surface area contributed by atoms with Crippen LogP contribution in [0.1, 0.15) is 20.8 Å². The van der Waals surface area contributed by atoms with Crippen molar-refractivity contribution in [2.45, 2.75) is 51.5 Å². The molecule has 0 amide bonds. The van der Waals surface area contributed by atoms with Crippen LogP contribution in [0.5, 0.6) is 0 Å². The summed E-state index contributed by atoms with van der Waals surface area (Å²) in [6.45, 7) is 3.18. The molecule has 0 spiro atoms. The van der Waals surface area contributed by atoms with Crippen LogP contribution < -0.4 is 0 Å². The van der Waals surface area contributed by atoms with Gasteiger partial charge in [-0.2, -0.15) is 0 Å². The van der Waals surface area contributed by atoms with Gasteiger partial charge in [0.1, 0.15) is 15.9 Å². The number of ether oxygens (including phenoxy) is 4. The maximum atomic E-state index is 11.5. The summed E-state index contributed by atoms with van der Waals surface area (Å²) in [6.07, 6.45) is -6.44. The fourth-order valence-electron chi connectivity index (χ4n) is 2.30. The van der Waals surface area contributed by atoms with E-state index in [1.54, 1.807) is 0 Å². The van der Waals surface area contributed by atoms with Crippen molar-refractivity contribution in [1.82, 2.24) is 0 Å². The Morgan fingerprint density at radius 3 is 1.75 bits per heavy atom. The van der Waals surface area contributed by atoms with E-state index in [1.807, 2.05) is 0 Å². The van der Waals surface area contributed by atoms with Gasteiger partial charge in [0.2, 0.25) is 0 Å². The summed E-state index contributed by atoms with van der Waals surface area (Å²) in [5.41, 5.74) is 0. The molecule has 1 saturated heterocycles. The zero-order valence-electron chi connectivity index (χ0n) is 13.6. The van der Waals surface area contributed by atoms with E-state index in [0.717, 1.165) is 27.0 Å². The Morgan fingerprint density at radius 2 is 1.33 bits per heavy atom. The summed E-state index contributed by atoms with van der Waals surface area (Å²) in [6, 6.07) is 0. The van der Waals surface area contributed by atoms with Crippen LogP contribution in [-0.2, 0) is 43.2 Å². The van der Waals surface area contributed by atoms with E-state index in [-0.39, 0.29) is 0 Å². The number of hydrogen-bond acceptors (Lipinski definition) is 10. The molecule has 0 aromatic heterocycles. The largest absolute Gasteiger partial charge is 0.456 e. The zero-order chi connectivity index (χ0) is 18.7. The van der Waals surface area contributed by atoms with Crippen LogP contribution in [0.2, 0.25) is 0 Å². The molecular formula is C13H20O10S. The Hall–Kier alpha value is -1.72. The molecule has 1 heterocycles. The third-order valence-corrected chi connectivity index (χ3v) is 3.92. The average Bonchev–Trinajstić information content (AvgIpc) is 2.35. The molecule has 138 valence electrons. The molecule has 11 heteroatoms. The van der Waals surface area contributed by atoms with Gasteiger partial charge < -0.3 is 24.1 Å². The summed E-state index contributed by atoms with van der Waals surface area (Å²) >= 11 is 0. The van der Waals surface area contributed by atoms with Gasteiger partial charge in [-0.3, -0.25) is 14.4 Å². The molecule has 1 aliphatic heterocycles. The van der Waals surface area contributed by atoms with E-state index in [4.69, 9.17) is 18.9 Å². The van der Waals surface area contributed by atoms with Crippen molar-refractivity contribution in [3.8, 4) is 0 Å². The maximum absolute atomic E-state index is 11.5. The third kappa shape index (κ3) is 6.06. The number of rotatable bonds is 5. The lowest BCUT2D eigenvalue weighted by Crippen LogP contribution is -2.62. The van der Waals surface area contributed by atoms with Crippen molar-refractivity contribution < 1.29 is 46.9 Å². The lowest BCUT2D eigenvalue weighted by atomic mass is 9.99. The predicted octanol–water partition coefficient (Wildman–Crippen LogP) is -1.46.